The Balaban J connectivity index is 1.45. The van der Waals surface area contributed by atoms with Crippen molar-refractivity contribution < 1.29 is 29.5 Å². The number of carbonyl (C=O) groups is 4. The van der Waals surface area contributed by atoms with E-state index >= 15 is 0 Å². The molecule has 0 aliphatic carbocycles. The van der Waals surface area contributed by atoms with Gasteiger partial charge in [-0.3, -0.25) is 24.5 Å². The van der Waals surface area contributed by atoms with Gasteiger partial charge in [0.15, 0.2) is 0 Å². The highest BCUT2D eigenvalue weighted by atomic mass is 32.2. The van der Waals surface area contributed by atoms with E-state index in [1.54, 1.807) is 36.4 Å². The van der Waals surface area contributed by atoms with E-state index in [1.165, 1.54) is 11.8 Å². The summed E-state index contributed by atoms with van der Waals surface area (Å²) in [7, 11) is 0. The maximum Gasteiger partial charge on any atom is 0.352 e. The van der Waals surface area contributed by atoms with Gasteiger partial charge in [-0.2, -0.15) is 0 Å². The van der Waals surface area contributed by atoms with Gasteiger partial charge in [0.1, 0.15) is 17.1 Å². The quantitative estimate of drug-likeness (QED) is 0.313. The van der Waals surface area contributed by atoms with Crippen molar-refractivity contribution in [1.82, 2.24) is 15.3 Å². The Kier molecular flexibility index (Phi) is 6.71. The largest absolute Gasteiger partial charge is 0.477 e. The van der Waals surface area contributed by atoms with Crippen LogP contribution in [-0.4, -0.2) is 67.7 Å². The molecule has 0 saturated carbocycles. The van der Waals surface area contributed by atoms with Gasteiger partial charge in [0.05, 0.1) is 13.0 Å². The third-order valence-corrected chi connectivity index (χ3v) is 6.99. The number of carboxylic acids is 1. The summed E-state index contributed by atoms with van der Waals surface area (Å²) in [4.78, 5) is 50.8. The maximum atomic E-state index is 12.8. The number of carboxylic acid groups (broad SMARTS) is 1. The Labute approximate surface area is 200 Å². The number of aliphatic carboxylic acids is 1. The lowest BCUT2D eigenvalue weighted by Gasteiger charge is -2.49. The predicted octanol–water partition coefficient (Wildman–Crippen LogP) is 1.81. The Morgan fingerprint density at radius 2 is 1.79 bits per heavy atom. The first-order valence-corrected chi connectivity index (χ1v) is 11.6. The number of thioether (sulfide) groups is 1. The highest BCUT2D eigenvalue weighted by Crippen LogP contribution is 2.40. The Hall–Kier alpha value is -3.63. The van der Waals surface area contributed by atoms with Crippen molar-refractivity contribution in [1.29, 1.82) is 0 Å². The third-order valence-electron chi connectivity index (χ3n) is 5.65. The lowest BCUT2D eigenvalue weighted by molar-refractivity contribution is -0.150. The molecule has 34 heavy (non-hydrogen) atoms. The lowest BCUT2D eigenvalue weighted by atomic mass is 10.0. The summed E-state index contributed by atoms with van der Waals surface area (Å²) in [6, 6.07) is 14.8. The van der Waals surface area contributed by atoms with Crippen LogP contribution in [0.1, 0.15) is 21.5 Å². The highest BCUT2D eigenvalue weighted by molar-refractivity contribution is 8.00. The highest BCUT2D eigenvalue weighted by Gasteiger charge is 2.54. The van der Waals surface area contributed by atoms with E-state index in [-0.39, 0.29) is 41.5 Å². The van der Waals surface area contributed by atoms with Crippen molar-refractivity contribution >= 4 is 35.5 Å². The van der Waals surface area contributed by atoms with E-state index in [0.29, 0.717) is 5.06 Å². The number of fused-ring (bicyclic) bond motifs is 1. The fraction of sp³-hybridized carbons (Fsp3) is 0.250. The van der Waals surface area contributed by atoms with Crippen molar-refractivity contribution in [2.24, 2.45) is 0 Å². The topological polar surface area (TPSA) is 127 Å². The molecule has 176 valence electrons. The summed E-state index contributed by atoms with van der Waals surface area (Å²) in [6.07, 6.45) is 0.107. The van der Waals surface area contributed by atoms with Crippen LogP contribution in [0.4, 0.5) is 0 Å². The lowest BCUT2D eigenvalue weighted by Crippen LogP contribution is -2.70. The number of nitrogens with zero attached hydrogens (tertiary/aromatic N) is 2. The number of amides is 3. The first kappa shape index (κ1) is 23.5. The smallest absolute Gasteiger partial charge is 0.352 e. The van der Waals surface area contributed by atoms with Gasteiger partial charge in [-0.1, -0.05) is 48.0 Å². The first-order chi connectivity index (χ1) is 16.3. The predicted molar refractivity (Wildman–Crippen MR) is 124 cm³/mol. The molecule has 2 aliphatic rings. The maximum absolute atomic E-state index is 12.8. The molecular weight excluding hydrogens is 458 g/mol. The molecule has 0 unspecified atom stereocenters. The van der Waals surface area contributed by atoms with Gasteiger partial charge < -0.3 is 10.4 Å². The van der Waals surface area contributed by atoms with E-state index in [4.69, 9.17) is 0 Å². The summed E-state index contributed by atoms with van der Waals surface area (Å²) in [6.45, 7) is 1.51. The monoisotopic (exact) mass is 481 g/mol. The van der Waals surface area contributed by atoms with E-state index in [2.05, 4.69) is 5.32 Å². The minimum atomic E-state index is -1.33. The van der Waals surface area contributed by atoms with Crippen LogP contribution in [0.25, 0.3) is 0 Å². The normalized spacial score (nSPS) is 19.2. The SMILES string of the molecule is Cc1ccc(C(=O)N(O)CC2=C(C(=O)O)N3C(=O)[C@@H](NC(=O)Cc4ccccc4)[C@H]3SC2)cc1. The number of rotatable bonds is 7. The number of nitrogens with one attached hydrogen (secondary N) is 1. The Morgan fingerprint density at radius 3 is 2.44 bits per heavy atom. The van der Waals surface area contributed by atoms with Gasteiger partial charge in [-0.05, 0) is 30.2 Å². The number of hydrogen-bond acceptors (Lipinski definition) is 6. The zero-order valence-corrected chi connectivity index (χ0v) is 19.1. The van der Waals surface area contributed by atoms with Crippen LogP contribution in [0.3, 0.4) is 0 Å². The van der Waals surface area contributed by atoms with Crippen molar-refractivity contribution in [2.75, 3.05) is 12.3 Å². The van der Waals surface area contributed by atoms with Crippen molar-refractivity contribution in [3.63, 3.8) is 0 Å². The summed E-state index contributed by atoms with van der Waals surface area (Å²) < 4.78 is 0. The molecule has 2 aliphatic heterocycles. The van der Waals surface area contributed by atoms with E-state index < -0.39 is 29.2 Å². The van der Waals surface area contributed by atoms with Crippen molar-refractivity contribution in [2.45, 2.75) is 24.8 Å². The molecule has 0 bridgehead atoms. The van der Waals surface area contributed by atoms with Crippen LogP contribution >= 0.6 is 11.8 Å². The number of hydroxylamine groups is 2. The van der Waals surface area contributed by atoms with Crippen molar-refractivity contribution in [3.05, 3.63) is 82.6 Å². The summed E-state index contributed by atoms with van der Waals surface area (Å²) in [5.41, 5.74) is 1.98. The molecule has 9 nitrogen and oxygen atoms in total. The standard InChI is InChI=1S/C24H23N3O6S/c1-14-7-9-16(10-8-14)21(29)26(33)12-17-13-34-23-19(22(30)27(23)20(17)24(31)32)25-18(28)11-15-5-3-2-4-6-15/h2-10,19,23,33H,11-13H2,1H3,(H,25,28)(H,31,32)/t19-,23-/m1/s1. The average Bonchev–Trinajstić information content (AvgIpc) is 2.82. The molecule has 1 saturated heterocycles. The van der Waals surface area contributed by atoms with E-state index in [0.717, 1.165) is 16.0 Å². The molecule has 0 spiro atoms. The van der Waals surface area contributed by atoms with E-state index in [9.17, 15) is 29.5 Å². The average molecular weight is 482 g/mol. The fourth-order valence-electron chi connectivity index (χ4n) is 3.91. The second-order valence-electron chi connectivity index (χ2n) is 8.10. The van der Waals surface area contributed by atoms with Crippen LogP contribution in [0.15, 0.2) is 65.9 Å². The van der Waals surface area contributed by atoms with Gasteiger partial charge in [-0.25, -0.2) is 9.86 Å². The second-order valence-corrected chi connectivity index (χ2v) is 9.21. The number of β-lactam (4-membered cyclic amide) rings is 1. The molecule has 4 rings (SSSR count). The minimum absolute atomic E-state index is 0.107. The van der Waals surface area contributed by atoms with Crippen LogP contribution in [0, 0.1) is 6.92 Å². The molecule has 3 N–H and O–H groups in total. The number of carbonyl (C=O) groups excluding carboxylic acids is 3. The van der Waals surface area contributed by atoms with Crippen LogP contribution < -0.4 is 5.32 Å². The number of benzene rings is 2. The summed E-state index contributed by atoms with van der Waals surface area (Å²) in [5, 5.41) is 22.7. The van der Waals surface area contributed by atoms with Gasteiger partial charge >= 0.3 is 5.97 Å². The van der Waals surface area contributed by atoms with Crippen LogP contribution in [0.5, 0.6) is 0 Å². The molecule has 2 atom stereocenters. The Bertz CT molecular complexity index is 1160. The first-order valence-electron chi connectivity index (χ1n) is 10.6. The van der Waals surface area contributed by atoms with E-state index in [1.807, 2.05) is 25.1 Å². The van der Waals surface area contributed by atoms with Crippen molar-refractivity contribution in [3.8, 4) is 0 Å². The van der Waals surface area contributed by atoms with Crippen LogP contribution in [-0.2, 0) is 20.8 Å². The molecular formula is C24H23N3O6S. The number of aryl methyl sites for hydroxylation is 1. The van der Waals surface area contributed by atoms with Gasteiger partial charge in [-0.15, -0.1) is 11.8 Å². The minimum Gasteiger partial charge on any atom is -0.477 e. The zero-order valence-electron chi connectivity index (χ0n) is 18.3. The van der Waals surface area contributed by atoms with Gasteiger partial charge in [0, 0.05) is 11.3 Å². The zero-order chi connectivity index (χ0) is 24.4. The fourth-order valence-corrected chi connectivity index (χ4v) is 5.24. The second kappa shape index (κ2) is 9.70. The molecule has 2 aromatic carbocycles. The summed E-state index contributed by atoms with van der Waals surface area (Å²) in [5.74, 6) is -2.70. The molecule has 3 amide bonds. The summed E-state index contributed by atoms with van der Waals surface area (Å²) >= 11 is 1.27. The molecule has 2 aromatic rings. The molecule has 0 aromatic heterocycles. The molecule has 10 heteroatoms. The van der Waals surface area contributed by atoms with Gasteiger partial charge in [0.25, 0.3) is 11.8 Å². The van der Waals surface area contributed by atoms with Gasteiger partial charge in [0.2, 0.25) is 5.91 Å². The molecule has 2 heterocycles. The van der Waals surface area contributed by atoms with Crippen LogP contribution in [0.2, 0.25) is 0 Å². The Morgan fingerprint density at radius 1 is 1.12 bits per heavy atom. The number of hydrogen-bond donors (Lipinski definition) is 3. The molecule has 1 fully saturated rings. The molecule has 0 radical (unpaired) electrons. The third kappa shape index (κ3) is 4.68.